The molecule has 0 saturated heterocycles. The molecule has 4 rings (SSSR count). The minimum absolute atomic E-state index is 0. The van der Waals surface area contributed by atoms with Gasteiger partial charge in [0.1, 0.15) is 12.0 Å². The summed E-state index contributed by atoms with van der Waals surface area (Å²) in [6.07, 6.45) is 4.00. The summed E-state index contributed by atoms with van der Waals surface area (Å²) in [5.41, 5.74) is 5.08. The van der Waals surface area contributed by atoms with Crippen molar-refractivity contribution in [3.63, 3.8) is 0 Å². The molecule has 0 saturated carbocycles. The smallest absolute Gasteiger partial charge is 0.266 e. The van der Waals surface area contributed by atoms with Gasteiger partial charge < -0.3 is 17.7 Å². The van der Waals surface area contributed by atoms with Gasteiger partial charge in [-0.05, 0) is 56.2 Å². The molecule has 1 aromatic heterocycles. The number of halogens is 2. The van der Waals surface area contributed by atoms with Crippen molar-refractivity contribution in [3.05, 3.63) is 71.4 Å². The number of fused-ring (bicyclic) bond motifs is 1. The van der Waals surface area contributed by atoms with Crippen LogP contribution in [0.1, 0.15) is 23.4 Å². The maximum absolute atomic E-state index is 13.3. The van der Waals surface area contributed by atoms with Gasteiger partial charge in [0, 0.05) is 11.3 Å². The maximum Gasteiger partial charge on any atom is 0.266 e. The highest BCUT2D eigenvalue weighted by Gasteiger charge is 2.29. The number of hydrogen-bond donors (Lipinski definition) is 1. The molecule has 0 radical (unpaired) electrons. The van der Waals surface area contributed by atoms with Crippen LogP contribution in [-0.4, -0.2) is 10.5 Å². The summed E-state index contributed by atoms with van der Waals surface area (Å²) in [6.45, 7) is 5.23. The summed E-state index contributed by atoms with van der Waals surface area (Å²) < 4.78 is 17.5. The quantitative estimate of drug-likeness (QED) is 0.647. The number of benzene rings is 2. The lowest BCUT2D eigenvalue weighted by atomic mass is 10.1. The van der Waals surface area contributed by atoms with E-state index in [1.165, 1.54) is 17.7 Å². The van der Waals surface area contributed by atoms with Crippen LogP contribution in [0.3, 0.4) is 0 Å². The van der Waals surface area contributed by atoms with Crippen LogP contribution in [0, 0.1) is 19.7 Å². The molecule has 0 fully saturated rings. The molecule has 2 aromatic carbocycles. The molecule has 6 heteroatoms. The minimum atomic E-state index is -0.243. The van der Waals surface area contributed by atoms with Crippen LogP contribution in [0.2, 0.25) is 0 Å². The number of amides is 1. The van der Waals surface area contributed by atoms with Gasteiger partial charge in [0.05, 0.1) is 13.0 Å². The van der Waals surface area contributed by atoms with Crippen LogP contribution in [0.15, 0.2) is 48.7 Å². The van der Waals surface area contributed by atoms with Crippen LogP contribution in [0.4, 0.5) is 10.1 Å². The average Bonchev–Trinajstić information content (AvgIpc) is 3.22. The van der Waals surface area contributed by atoms with Crippen molar-refractivity contribution in [3.8, 4) is 11.3 Å². The molecular weight excluding hydrogens is 377 g/mol. The molecule has 2 heterocycles. The Hall–Kier alpha value is -2.66. The molecule has 1 N–H and O–H groups in total. The molecule has 146 valence electrons. The van der Waals surface area contributed by atoms with Crippen molar-refractivity contribution >= 4 is 11.6 Å². The van der Waals surface area contributed by atoms with E-state index in [4.69, 9.17) is 0 Å². The topological polar surface area (TPSA) is 37.9 Å². The van der Waals surface area contributed by atoms with Crippen LogP contribution >= 0.6 is 0 Å². The Labute approximate surface area is 170 Å². The number of aromatic nitrogens is 2. The van der Waals surface area contributed by atoms with E-state index >= 15 is 0 Å². The number of anilines is 1. The predicted molar refractivity (Wildman–Crippen MR) is 103 cm³/mol. The normalized spacial score (nSPS) is 12.4. The predicted octanol–water partition coefficient (Wildman–Crippen LogP) is 0.787. The van der Waals surface area contributed by atoms with Gasteiger partial charge >= 0.3 is 0 Å². The van der Waals surface area contributed by atoms with Crippen LogP contribution in [0.5, 0.6) is 0 Å². The van der Waals surface area contributed by atoms with Crippen molar-refractivity contribution in [2.75, 3.05) is 5.32 Å². The number of hydrogen-bond acceptors (Lipinski definition) is 1. The van der Waals surface area contributed by atoms with E-state index < -0.39 is 0 Å². The lowest BCUT2D eigenvalue weighted by Gasteiger charge is -2.08. The standard InChI is InChI=1S/C22H22FN3O.ClH/c1-15-5-10-19(16(2)12-15)24-21(27)14-25-13-20(26-11-3-4-22(25)26)17-6-8-18(23)9-7-17;/h5-10,12-13H,3-4,11,14H2,1-2H3;1H. The number of aryl methyl sites for hydroxylation is 2. The summed E-state index contributed by atoms with van der Waals surface area (Å²) >= 11 is 0. The number of carbonyl (C=O) groups is 1. The third-order valence-electron chi connectivity index (χ3n) is 5.10. The number of imidazole rings is 1. The van der Waals surface area contributed by atoms with Crippen molar-refractivity contribution in [1.29, 1.82) is 0 Å². The number of carbonyl (C=O) groups excluding carboxylic acids is 1. The third-order valence-corrected chi connectivity index (χ3v) is 5.10. The van der Waals surface area contributed by atoms with E-state index in [9.17, 15) is 9.18 Å². The summed E-state index contributed by atoms with van der Waals surface area (Å²) in [7, 11) is 0. The second kappa shape index (κ2) is 8.15. The Bertz CT molecular complexity index is 1010. The van der Waals surface area contributed by atoms with Crippen molar-refractivity contribution in [2.45, 2.75) is 39.8 Å². The van der Waals surface area contributed by atoms with E-state index in [0.717, 1.165) is 47.7 Å². The molecular formula is C22H23ClFN3O. The lowest BCUT2D eigenvalue weighted by molar-refractivity contribution is -0.690. The lowest BCUT2D eigenvalue weighted by Crippen LogP contribution is -3.00. The molecule has 28 heavy (non-hydrogen) atoms. The fourth-order valence-corrected chi connectivity index (χ4v) is 3.80. The van der Waals surface area contributed by atoms with Gasteiger partial charge in [-0.25, -0.2) is 13.5 Å². The molecule has 1 aliphatic rings. The minimum Gasteiger partial charge on any atom is -1.00 e. The fraction of sp³-hybridized carbons (Fsp3) is 0.273. The second-order valence-corrected chi connectivity index (χ2v) is 7.19. The van der Waals surface area contributed by atoms with Crippen LogP contribution in [0.25, 0.3) is 11.3 Å². The fourth-order valence-electron chi connectivity index (χ4n) is 3.80. The Balaban J connectivity index is 0.00000225. The first-order chi connectivity index (χ1) is 13.0. The molecule has 0 bridgehead atoms. The number of nitrogens with zero attached hydrogens (tertiary/aromatic N) is 2. The first-order valence-electron chi connectivity index (χ1n) is 9.26. The van der Waals surface area contributed by atoms with Gasteiger partial charge in [-0.2, -0.15) is 0 Å². The zero-order valence-corrected chi connectivity index (χ0v) is 16.8. The average molecular weight is 400 g/mol. The first-order valence-corrected chi connectivity index (χ1v) is 9.26. The summed E-state index contributed by atoms with van der Waals surface area (Å²) in [5.74, 6) is 0.857. The van der Waals surface area contributed by atoms with Crippen molar-refractivity contribution in [1.82, 2.24) is 4.57 Å². The van der Waals surface area contributed by atoms with Gasteiger partial charge in [0.15, 0.2) is 12.2 Å². The second-order valence-electron chi connectivity index (χ2n) is 7.19. The molecule has 4 nitrogen and oxygen atoms in total. The van der Waals surface area contributed by atoms with Gasteiger partial charge in [-0.3, -0.25) is 4.79 Å². The summed E-state index contributed by atoms with van der Waals surface area (Å²) in [6, 6.07) is 12.5. The van der Waals surface area contributed by atoms with Gasteiger partial charge in [-0.1, -0.05) is 17.7 Å². The van der Waals surface area contributed by atoms with Crippen molar-refractivity contribution < 1.29 is 26.2 Å². The maximum atomic E-state index is 13.3. The monoisotopic (exact) mass is 399 g/mol. The zero-order chi connectivity index (χ0) is 19.0. The highest BCUT2D eigenvalue weighted by molar-refractivity contribution is 5.90. The summed E-state index contributed by atoms with van der Waals surface area (Å²) in [4.78, 5) is 12.6. The number of rotatable bonds is 4. The highest BCUT2D eigenvalue weighted by Crippen LogP contribution is 2.25. The molecule has 3 aromatic rings. The van der Waals surface area contributed by atoms with E-state index in [2.05, 4.69) is 16.0 Å². The Kier molecular flexibility index (Phi) is 5.84. The largest absolute Gasteiger partial charge is 1.00 e. The molecule has 1 amide bonds. The van der Waals surface area contributed by atoms with Gasteiger partial charge in [0.25, 0.3) is 11.7 Å². The van der Waals surface area contributed by atoms with E-state index in [1.54, 1.807) is 12.1 Å². The Morgan fingerprint density at radius 3 is 2.64 bits per heavy atom. The molecule has 0 aliphatic carbocycles. The third kappa shape index (κ3) is 3.94. The Morgan fingerprint density at radius 1 is 1.18 bits per heavy atom. The van der Waals surface area contributed by atoms with Crippen LogP contribution < -0.4 is 22.3 Å². The van der Waals surface area contributed by atoms with Crippen molar-refractivity contribution in [2.24, 2.45) is 0 Å². The van der Waals surface area contributed by atoms with Crippen LogP contribution in [-0.2, 0) is 24.3 Å². The number of nitrogens with one attached hydrogen (secondary N) is 1. The van der Waals surface area contributed by atoms with Gasteiger partial charge in [-0.15, -0.1) is 0 Å². The zero-order valence-electron chi connectivity index (χ0n) is 16.0. The molecule has 1 aliphatic heterocycles. The SMILES string of the molecule is Cc1ccc(NC(=O)C[n+]2cc(-c3ccc(F)cc3)n3c2CCC3)c(C)c1.[Cl-]. The molecule has 0 atom stereocenters. The Morgan fingerprint density at radius 2 is 1.93 bits per heavy atom. The van der Waals surface area contributed by atoms with E-state index in [1.807, 2.05) is 36.7 Å². The first kappa shape index (κ1) is 20.1. The summed E-state index contributed by atoms with van der Waals surface area (Å²) in [5, 5.41) is 3.01. The van der Waals surface area contributed by atoms with E-state index in [0.29, 0.717) is 0 Å². The van der Waals surface area contributed by atoms with E-state index in [-0.39, 0.29) is 30.7 Å². The highest BCUT2D eigenvalue weighted by atomic mass is 35.5. The molecule has 0 unspecified atom stereocenters. The van der Waals surface area contributed by atoms with Gasteiger partial charge in [0.2, 0.25) is 0 Å². The molecule has 0 spiro atoms.